The lowest BCUT2D eigenvalue weighted by Gasteiger charge is -2.17. The fraction of sp³-hybridized carbons (Fsp3) is 0.280. The number of nitrogens with one attached hydrogen (secondary N) is 1. The zero-order valence-electron chi connectivity index (χ0n) is 18.7. The SMILES string of the molecule is COc1cc(C=C(CCCCl)C(=O)NC(C)c2c(F)cccc2F)ccc1-n1cnc(C)c1. The van der Waals surface area contributed by atoms with Crippen LogP contribution in [0.5, 0.6) is 5.75 Å². The number of aromatic nitrogens is 2. The van der Waals surface area contributed by atoms with E-state index in [1.165, 1.54) is 18.2 Å². The van der Waals surface area contributed by atoms with E-state index >= 15 is 0 Å². The van der Waals surface area contributed by atoms with Crippen molar-refractivity contribution < 1.29 is 18.3 Å². The summed E-state index contributed by atoms with van der Waals surface area (Å²) in [5, 5.41) is 2.70. The van der Waals surface area contributed by atoms with Gasteiger partial charge in [0, 0.05) is 23.2 Å². The van der Waals surface area contributed by atoms with Gasteiger partial charge in [0.2, 0.25) is 5.91 Å². The van der Waals surface area contributed by atoms with Gasteiger partial charge in [-0.05, 0) is 62.6 Å². The largest absolute Gasteiger partial charge is 0.495 e. The number of amides is 1. The molecule has 5 nitrogen and oxygen atoms in total. The van der Waals surface area contributed by atoms with E-state index in [-0.39, 0.29) is 5.56 Å². The Morgan fingerprint density at radius 3 is 2.61 bits per heavy atom. The van der Waals surface area contributed by atoms with E-state index in [1.54, 1.807) is 26.4 Å². The fourth-order valence-corrected chi connectivity index (χ4v) is 3.68. The molecule has 3 rings (SSSR count). The van der Waals surface area contributed by atoms with Crippen LogP contribution in [0.4, 0.5) is 8.78 Å². The van der Waals surface area contributed by atoms with Crippen molar-refractivity contribution in [3.05, 3.63) is 83.0 Å². The van der Waals surface area contributed by atoms with Crippen molar-refractivity contribution in [1.82, 2.24) is 14.9 Å². The van der Waals surface area contributed by atoms with Gasteiger partial charge in [-0.2, -0.15) is 0 Å². The molecular weight excluding hydrogens is 448 g/mol. The smallest absolute Gasteiger partial charge is 0.247 e. The quantitative estimate of drug-likeness (QED) is 0.318. The second kappa shape index (κ2) is 11.1. The van der Waals surface area contributed by atoms with Crippen LogP contribution < -0.4 is 10.1 Å². The highest BCUT2D eigenvalue weighted by Crippen LogP contribution is 2.27. The normalized spacial score (nSPS) is 12.5. The summed E-state index contributed by atoms with van der Waals surface area (Å²) < 4.78 is 35.6. The number of carbonyl (C=O) groups excluding carboxylic acids is 1. The lowest BCUT2D eigenvalue weighted by molar-refractivity contribution is -0.118. The molecule has 1 N–H and O–H groups in total. The molecule has 1 heterocycles. The first kappa shape index (κ1) is 24.5. The minimum atomic E-state index is -0.848. The van der Waals surface area contributed by atoms with E-state index < -0.39 is 23.6 Å². The van der Waals surface area contributed by atoms with E-state index in [1.807, 2.05) is 35.9 Å². The minimum absolute atomic E-state index is 0.177. The van der Waals surface area contributed by atoms with Gasteiger partial charge in [0.15, 0.2) is 0 Å². The molecule has 0 bridgehead atoms. The third kappa shape index (κ3) is 5.99. The van der Waals surface area contributed by atoms with Crippen LogP contribution in [0.15, 0.2) is 54.5 Å². The Morgan fingerprint density at radius 2 is 2.00 bits per heavy atom. The highest BCUT2D eigenvalue weighted by Gasteiger charge is 2.20. The number of imidazole rings is 1. The summed E-state index contributed by atoms with van der Waals surface area (Å²) in [4.78, 5) is 17.2. The van der Waals surface area contributed by atoms with Crippen LogP contribution in [0.1, 0.15) is 42.6 Å². The summed E-state index contributed by atoms with van der Waals surface area (Å²) in [6.45, 7) is 3.44. The Hall–Kier alpha value is -3.19. The van der Waals surface area contributed by atoms with E-state index in [2.05, 4.69) is 10.3 Å². The number of halogens is 3. The van der Waals surface area contributed by atoms with Gasteiger partial charge in [-0.1, -0.05) is 12.1 Å². The molecule has 1 amide bonds. The number of ether oxygens (including phenoxy) is 1. The van der Waals surface area contributed by atoms with Gasteiger partial charge in [0.25, 0.3) is 0 Å². The van der Waals surface area contributed by atoms with Gasteiger partial charge < -0.3 is 14.6 Å². The molecule has 174 valence electrons. The van der Waals surface area contributed by atoms with Crippen LogP contribution in [0, 0.1) is 18.6 Å². The molecule has 1 atom stereocenters. The Labute approximate surface area is 197 Å². The van der Waals surface area contributed by atoms with Crippen LogP contribution in [0.3, 0.4) is 0 Å². The molecule has 1 aromatic heterocycles. The van der Waals surface area contributed by atoms with Gasteiger partial charge in [-0.15, -0.1) is 11.6 Å². The lowest BCUT2D eigenvalue weighted by Crippen LogP contribution is -2.29. The highest BCUT2D eigenvalue weighted by atomic mass is 35.5. The maximum Gasteiger partial charge on any atom is 0.247 e. The minimum Gasteiger partial charge on any atom is -0.495 e. The molecule has 0 aliphatic rings. The Bertz CT molecular complexity index is 1140. The number of hydrogen-bond donors (Lipinski definition) is 1. The number of methoxy groups -OCH3 is 1. The Balaban J connectivity index is 1.88. The van der Waals surface area contributed by atoms with Crippen LogP contribution in [-0.4, -0.2) is 28.4 Å². The second-order valence-corrected chi connectivity index (χ2v) is 8.02. The van der Waals surface area contributed by atoms with Gasteiger partial charge in [0.05, 0.1) is 30.9 Å². The van der Waals surface area contributed by atoms with Crippen LogP contribution in [-0.2, 0) is 4.79 Å². The summed E-state index contributed by atoms with van der Waals surface area (Å²) in [5.74, 6) is -0.832. The zero-order valence-corrected chi connectivity index (χ0v) is 19.5. The number of alkyl halides is 1. The van der Waals surface area contributed by atoms with Crippen molar-refractivity contribution in [3.63, 3.8) is 0 Å². The maximum atomic E-state index is 14.1. The number of hydrogen-bond acceptors (Lipinski definition) is 3. The molecule has 0 saturated carbocycles. The number of nitrogens with zero attached hydrogens (tertiary/aromatic N) is 2. The zero-order chi connectivity index (χ0) is 24.0. The maximum absolute atomic E-state index is 14.1. The molecule has 0 fully saturated rings. The number of carbonyl (C=O) groups is 1. The number of aryl methyl sites for hydroxylation is 1. The first-order valence-electron chi connectivity index (χ1n) is 10.5. The van der Waals surface area contributed by atoms with Gasteiger partial charge in [-0.25, -0.2) is 13.8 Å². The van der Waals surface area contributed by atoms with Crippen molar-refractivity contribution in [3.8, 4) is 11.4 Å². The Kier molecular flexibility index (Phi) is 8.22. The summed E-state index contributed by atoms with van der Waals surface area (Å²) in [6.07, 6.45) is 6.30. The average Bonchev–Trinajstić information content (AvgIpc) is 3.22. The third-order valence-electron chi connectivity index (χ3n) is 5.19. The highest BCUT2D eigenvalue weighted by molar-refractivity contribution is 6.17. The predicted octanol–water partition coefficient (Wildman–Crippen LogP) is 5.75. The van der Waals surface area contributed by atoms with Crippen LogP contribution >= 0.6 is 11.6 Å². The molecule has 0 aliphatic carbocycles. The summed E-state index contributed by atoms with van der Waals surface area (Å²) in [5.41, 5.74) is 2.71. The molecule has 0 aliphatic heterocycles. The first-order valence-corrected chi connectivity index (χ1v) is 11.1. The predicted molar refractivity (Wildman–Crippen MR) is 126 cm³/mol. The molecular formula is C25H26ClF2N3O2. The van der Waals surface area contributed by atoms with Gasteiger partial charge >= 0.3 is 0 Å². The Morgan fingerprint density at radius 1 is 1.27 bits per heavy atom. The standard InChI is InChI=1S/C25H26ClF2N3O2/c1-16-14-31(15-29-16)22-10-9-18(13-23(22)33-3)12-19(6-5-11-26)25(32)30-17(2)24-20(27)7-4-8-21(24)28/h4,7-10,12-15,17H,5-6,11H2,1-3H3,(H,30,32). The van der Waals surface area contributed by atoms with Crippen molar-refractivity contribution in [1.29, 1.82) is 0 Å². The summed E-state index contributed by atoms with van der Waals surface area (Å²) in [7, 11) is 1.57. The topological polar surface area (TPSA) is 56.1 Å². The van der Waals surface area contributed by atoms with Crippen molar-refractivity contribution >= 4 is 23.6 Å². The molecule has 0 radical (unpaired) electrons. The first-order chi connectivity index (χ1) is 15.8. The summed E-state index contributed by atoms with van der Waals surface area (Å²) in [6, 6.07) is 8.33. The van der Waals surface area contributed by atoms with E-state index in [0.717, 1.165) is 16.9 Å². The fourth-order valence-electron chi connectivity index (χ4n) is 3.55. The second-order valence-electron chi connectivity index (χ2n) is 7.65. The molecule has 0 saturated heterocycles. The van der Waals surface area contributed by atoms with E-state index in [4.69, 9.17) is 16.3 Å². The molecule has 2 aromatic carbocycles. The van der Waals surface area contributed by atoms with Crippen molar-refractivity contribution in [2.75, 3.05) is 13.0 Å². The van der Waals surface area contributed by atoms with Crippen molar-refractivity contribution in [2.24, 2.45) is 0 Å². The third-order valence-corrected chi connectivity index (χ3v) is 5.45. The molecule has 1 unspecified atom stereocenters. The van der Waals surface area contributed by atoms with Gasteiger partial charge in [-0.3, -0.25) is 4.79 Å². The average molecular weight is 474 g/mol. The van der Waals surface area contributed by atoms with Crippen LogP contribution in [0.2, 0.25) is 0 Å². The number of benzene rings is 2. The monoisotopic (exact) mass is 473 g/mol. The van der Waals surface area contributed by atoms with Gasteiger partial charge in [0.1, 0.15) is 17.4 Å². The molecule has 0 spiro atoms. The number of rotatable bonds is 9. The molecule has 33 heavy (non-hydrogen) atoms. The van der Waals surface area contributed by atoms with E-state index in [9.17, 15) is 13.6 Å². The molecule has 8 heteroatoms. The van der Waals surface area contributed by atoms with Crippen molar-refractivity contribution in [2.45, 2.75) is 32.7 Å². The molecule has 3 aromatic rings. The summed E-state index contributed by atoms with van der Waals surface area (Å²) >= 11 is 5.85. The lowest BCUT2D eigenvalue weighted by atomic mass is 10.0. The van der Waals surface area contributed by atoms with E-state index in [0.29, 0.717) is 30.0 Å². The van der Waals surface area contributed by atoms with Crippen LogP contribution in [0.25, 0.3) is 11.8 Å².